The van der Waals surface area contributed by atoms with E-state index in [4.69, 9.17) is 51.5 Å². The molecule has 7 aromatic rings. The fourth-order valence-corrected chi connectivity index (χ4v) is 6.76. The number of benzene rings is 4. The van der Waals surface area contributed by atoms with Gasteiger partial charge in [-0.3, -0.25) is 9.79 Å². The van der Waals surface area contributed by atoms with Gasteiger partial charge in [-0.15, -0.1) is 0 Å². The van der Waals surface area contributed by atoms with Crippen LogP contribution in [0.15, 0.2) is 121 Å². The molecular formula is C43H34Cl4N6O8. The standard InChI is InChI=1S/C16H13NO2.C14H8Cl4N2O3.C13H13N3O3/c18-16(19)14-11-17(10-12-6-2-1-3-7-12)15-9-5-4-8-13(14)15;1-5-3-2-4-6(19-5)20-13(21)7-8(14(22)23)10(16)12(18)11(17)9(7)15;17-12-4-2-1-3-9(12)6-15-11(13(18)19)5-10-7-14-8-16-10/h1-9,11H,10H2,(H,18,19);2-4H,1H3,(H,22,23)(H,19,20,21);1-4,6-8,11,17H,5H2,(H,14,16)(H,18,19)/b;;15-6+. The van der Waals surface area contributed by atoms with Crippen molar-refractivity contribution >= 4 is 93.2 Å². The van der Waals surface area contributed by atoms with Gasteiger partial charge in [-0.1, -0.05) is 113 Å². The highest BCUT2D eigenvalue weighted by Crippen LogP contribution is 2.41. The third-order valence-electron chi connectivity index (χ3n) is 8.64. The summed E-state index contributed by atoms with van der Waals surface area (Å²) in [6.07, 6.45) is 6.34. The molecule has 0 aliphatic heterocycles. The molecule has 0 fully saturated rings. The second-order valence-corrected chi connectivity index (χ2v) is 14.4. The molecule has 7 rings (SSSR count). The predicted molar refractivity (Wildman–Crippen MR) is 234 cm³/mol. The number of H-pyrrole nitrogens is 1. The van der Waals surface area contributed by atoms with Crippen LogP contribution in [0.2, 0.25) is 20.1 Å². The first-order chi connectivity index (χ1) is 29.2. The number of aromatic amines is 1. The highest BCUT2D eigenvalue weighted by atomic mass is 35.5. The van der Waals surface area contributed by atoms with Crippen LogP contribution >= 0.6 is 46.4 Å². The first kappa shape index (κ1) is 45.4. The van der Waals surface area contributed by atoms with Gasteiger partial charge in [0.1, 0.15) is 11.6 Å². The molecule has 1 unspecified atom stereocenters. The van der Waals surface area contributed by atoms with Crippen molar-refractivity contribution in [2.45, 2.75) is 25.9 Å². The van der Waals surface area contributed by atoms with Crippen LogP contribution in [0.1, 0.15) is 53.6 Å². The number of halogens is 4. The molecule has 1 amide bonds. The highest BCUT2D eigenvalue weighted by molar-refractivity contribution is 6.54. The van der Waals surface area contributed by atoms with Crippen molar-refractivity contribution in [2.75, 3.05) is 5.32 Å². The molecule has 3 aromatic heterocycles. The third kappa shape index (κ3) is 11.7. The third-order valence-corrected chi connectivity index (χ3v) is 10.4. The number of para-hydroxylation sites is 2. The lowest BCUT2D eigenvalue weighted by molar-refractivity contribution is -0.138. The number of aliphatic carboxylic acids is 1. The second kappa shape index (κ2) is 21.0. The number of amides is 1. The van der Waals surface area contributed by atoms with Crippen molar-refractivity contribution in [2.24, 2.45) is 4.99 Å². The number of nitrogens with one attached hydrogen (secondary N) is 2. The number of aromatic nitrogens is 4. The van der Waals surface area contributed by atoms with Gasteiger partial charge in [0.25, 0.3) is 5.91 Å². The molecule has 0 spiro atoms. The number of anilines is 1. The van der Waals surface area contributed by atoms with E-state index in [-0.39, 0.29) is 43.6 Å². The number of nitrogens with zero attached hydrogens (tertiary/aromatic N) is 4. The molecule has 0 radical (unpaired) electrons. The van der Waals surface area contributed by atoms with Crippen LogP contribution < -0.4 is 5.32 Å². The minimum Gasteiger partial charge on any atom is -0.507 e. The molecule has 6 N–H and O–H groups in total. The summed E-state index contributed by atoms with van der Waals surface area (Å²) in [6, 6.07) is 28.3. The van der Waals surface area contributed by atoms with E-state index in [1.807, 2.05) is 59.2 Å². The molecular weight excluding hydrogens is 870 g/mol. The molecule has 0 saturated carbocycles. The number of fused-ring (bicyclic) bond motifs is 1. The number of carboxylic acids is 3. The summed E-state index contributed by atoms with van der Waals surface area (Å²) in [5.74, 6) is -3.89. The number of carboxylic acid groups (broad SMARTS) is 3. The van der Waals surface area contributed by atoms with E-state index in [0.717, 1.165) is 16.5 Å². The number of aromatic hydroxyl groups is 1. The molecule has 61 heavy (non-hydrogen) atoms. The van der Waals surface area contributed by atoms with Gasteiger partial charge in [-0.25, -0.2) is 24.4 Å². The van der Waals surface area contributed by atoms with Gasteiger partial charge in [0, 0.05) is 59.4 Å². The number of imidazole rings is 1. The number of hydrogen-bond acceptors (Lipinski definition) is 8. The SMILES string of the molecule is Cc1cccc(NC(=O)c2c(Cl)c(Cl)c(Cl)c(Cl)c2C(=O)O)n1.O=C(O)C(Cc1cnc[nH]1)/N=C/c1ccccc1O.O=C(O)c1cn(Cc2ccccc2)c2ccccc12. The molecule has 3 heterocycles. The number of aryl methyl sites for hydroxylation is 1. The topological polar surface area (TPSA) is 220 Å². The van der Waals surface area contributed by atoms with Crippen molar-refractivity contribution in [3.63, 3.8) is 0 Å². The number of carbonyl (C=O) groups excluding carboxylic acids is 1. The fourth-order valence-electron chi connectivity index (χ4n) is 5.74. The Kier molecular flexibility index (Phi) is 15.6. The van der Waals surface area contributed by atoms with Crippen LogP contribution in [0, 0.1) is 6.92 Å². The van der Waals surface area contributed by atoms with Crippen molar-refractivity contribution < 1.29 is 39.6 Å². The number of phenols is 1. The maximum Gasteiger partial charge on any atom is 0.338 e. The van der Waals surface area contributed by atoms with Crippen molar-refractivity contribution in [3.05, 3.63) is 175 Å². The van der Waals surface area contributed by atoms with Gasteiger partial charge in [0.05, 0.1) is 43.1 Å². The van der Waals surface area contributed by atoms with E-state index in [1.54, 1.807) is 55.7 Å². The zero-order valence-electron chi connectivity index (χ0n) is 31.8. The summed E-state index contributed by atoms with van der Waals surface area (Å²) >= 11 is 23.6. The summed E-state index contributed by atoms with van der Waals surface area (Å²) < 4.78 is 1.98. The minimum atomic E-state index is -1.46. The van der Waals surface area contributed by atoms with Gasteiger partial charge in [-0.2, -0.15) is 0 Å². The van der Waals surface area contributed by atoms with E-state index in [2.05, 4.69) is 25.3 Å². The molecule has 1 atom stereocenters. The van der Waals surface area contributed by atoms with Crippen LogP contribution in [-0.4, -0.2) is 76.0 Å². The van der Waals surface area contributed by atoms with Crippen LogP contribution in [0.25, 0.3) is 10.9 Å². The Morgan fingerprint density at radius 1 is 0.803 bits per heavy atom. The van der Waals surface area contributed by atoms with Crippen molar-refractivity contribution in [3.8, 4) is 5.75 Å². The average molecular weight is 905 g/mol. The number of hydrogen-bond donors (Lipinski definition) is 6. The zero-order chi connectivity index (χ0) is 44.2. The van der Waals surface area contributed by atoms with Gasteiger partial charge in [-0.05, 0) is 42.8 Å². The van der Waals surface area contributed by atoms with E-state index in [9.17, 15) is 34.5 Å². The number of aromatic carboxylic acids is 2. The molecule has 312 valence electrons. The lowest BCUT2D eigenvalue weighted by Gasteiger charge is -2.13. The van der Waals surface area contributed by atoms with Crippen LogP contribution in [0.3, 0.4) is 0 Å². The van der Waals surface area contributed by atoms with Crippen LogP contribution in [0.5, 0.6) is 5.75 Å². The number of pyridine rings is 1. The summed E-state index contributed by atoms with van der Waals surface area (Å²) in [5.41, 5.74) is 3.38. The van der Waals surface area contributed by atoms with Gasteiger partial charge in [0.2, 0.25) is 0 Å². The van der Waals surface area contributed by atoms with E-state index < -0.39 is 35.4 Å². The maximum absolute atomic E-state index is 12.4. The normalized spacial score (nSPS) is 11.2. The number of carbonyl (C=O) groups is 4. The largest absolute Gasteiger partial charge is 0.507 e. The molecule has 0 aliphatic rings. The van der Waals surface area contributed by atoms with Gasteiger partial charge >= 0.3 is 17.9 Å². The van der Waals surface area contributed by atoms with Gasteiger partial charge < -0.3 is 35.3 Å². The highest BCUT2D eigenvalue weighted by Gasteiger charge is 2.29. The molecule has 0 bridgehead atoms. The fraction of sp³-hybridized carbons (Fsp3) is 0.0930. The first-order valence-electron chi connectivity index (χ1n) is 17.9. The number of rotatable bonds is 11. The monoisotopic (exact) mass is 902 g/mol. The number of aliphatic imine (C=N–C) groups is 1. The Hall–Kier alpha value is -6.71. The summed E-state index contributed by atoms with van der Waals surface area (Å²) in [7, 11) is 0. The minimum absolute atomic E-state index is 0.0666. The predicted octanol–water partition coefficient (Wildman–Crippen LogP) is 9.57. The van der Waals surface area contributed by atoms with E-state index in [1.165, 1.54) is 18.6 Å². The molecule has 0 aliphatic carbocycles. The quantitative estimate of drug-likeness (QED) is 0.0410. The summed E-state index contributed by atoms with van der Waals surface area (Å²) in [4.78, 5) is 61.0. The zero-order valence-corrected chi connectivity index (χ0v) is 34.8. The summed E-state index contributed by atoms with van der Waals surface area (Å²) in [6.45, 7) is 2.41. The Morgan fingerprint density at radius 3 is 2.08 bits per heavy atom. The lowest BCUT2D eigenvalue weighted by Crippen LogP contribution is -2.21. The average Bonchev–Trinajstić information content (AvgIpc) is 3.89. The number of phenolic OH excluding ortho intramolecular Hbond substituents is 1. The smallest absolute Gasteiger partial charge is 0.338 e. The Balaban J connectivity index is 0.000000174. The maximum atomic E-state index is 12.4. The Morgan fingerprint density at radius 2 is 1.46 bits per heavy atom. The molecule has 14 nitrogen and oxygen atoms in total. The first-order valence-corrected chi connectivity index (χ1v) is 19.4. The van der Waals surface area contributed by atoms with Crippen molar-refractivity contribution in [1.82, 2.24) is 19.5 Å². The Bertz CT molecular complexity index is 2730. The molecule has 18 heteroatoms. The van der Waals surface area contributed by atoms with Crippen LogP contribution in [-0.2, 0) is 17.8 Å². The van der Waals surface area contributed by atoms with E-state index in [0.29, 0.717) is 29.1 Å². The summed E-state index contributed by atoms with van der Waals surface area (Å²) in [5, 5.41) is 39.4. The lowest BCUT2D eigenvalue weighted by atomic mass is 10.1. The Labute approximate surface area is 367 Å². The van der Waals surface area contributed by atoms with Crippen molar-refractivity contribution in [1.29, 1.82) is 0 Å². The van der Waals surface area contributed by atoms with E-state index >= 15 is 0 Å². The molecule has 4 aromatic carbocycles. The molecule has 0 saturated heterocycles. The van der Waals surface area contributed by atoms with Crippen LogP contribution in [0.4, 0.5) is 5.82 Å². The van der Waals surface area contributed by atoms with Gasteiger partial charge in [0.15, 0.2) is 6.04 Å². The second-order valence-electron chi connectivity index (χ2n) is 12.9.